The minimum Gasteiger partial charge on any atom is -0.444 e. The number of ether oxygens (including phenoxy) is 1. The molecule has 0 spiro atoms. The summed E-state index contributed by atoms with van der Waals surface area (Å²) in [5, 5.41) is 2.56. The van der Waals surface area contributed by atoms with Gasteiger partial charge in [0, 0.05) is 12.5 Å². The molecule has 0 radical (unpaired) electrons. The van der Waals surface area contributed by atoms with Crippen LogP contribution < -0.4 is 5.32 Å². The number of hydrogen-bond acceptors (Lipinski definition) is 3. The predicted octanol–water partition coefficient (Wildman–Crippen LogP) is 3.84. The molecule has 1 aromatic carbocycles. The van der Waals surface area contributed by atoms with E-state index in [2.05, 4.69) is 5.32 Å². The van der Waals surface area contributed by atoms with Crippen molar-refractivity contribution >= 4 is 11.9 Å². The maximum Gasteiger partial charge on any atom is 0.407 e. The highest BCUT2D eigenvalue weighted by atomic mass is 19.2. The first-order valence-electron chi connectivity index (χ1n) is 7.10. The first-order chi connectivity index (χ1) is 10.1. The molecule has 1 unspecified atom stereocenters. The molecule has 0 saturated carbocycles. The van der Waals surface area contributed by atoms with E-state index in [4.69, 9.17) is 4.74 Å². The second-order valence-corrected chi connectivity index (χ2v) is 5.98. The van der Waals surface area contributed by atoms with Gasteiger partial charge in [-0.2, -0.15) is 0 Å². The molecule has 4 nitrogen and oxygen atoms in total. The SMILES string of the molecule is CCC(CC(=O)c1cccc(F)c1F)NC(=O)OC(C)(C)C. The van der Waals surface area contributed by atoms with E-state index in [1.165, 1.54) is 12.1 Å². The van der Waals surface area contributed by atoms with Gasteiger partial charge >= 0.3 is 6.09 Å². The Labute approximate surface area is 128 Å². The number of rotatable bonds is 5. The summed E-state index contributed by atoms with van der Waals surface area (Å²) in [6.07, 6.45) is -0.315. The first kappa shape index (κ1) is 18.1. The summed E-state index contributed by atoms with van der Waals surface area (Å²) in [7, 11) is 0. The normalized spacial score (nSPS) is 12.6. The zero-order chi connectivity index (χ0) is 16.9. The summed E-state index contributed by atoms with van der Waals surface area (Å²) in [5.74, 6) is -2.81. The molecule has 0 aliphatic heterocycles. The zero-order valence-electron chi connectivity index (χ0n) is 13.2. The van der Waals surface area contributed by atoms with E-state index in [9.17, 15) is 18.4 Å². The monoisotopic (exact) mass is 313 g/mol. The molecule has 1 aromatic rings. The van der Waals surface area contributed by atoms with E-state index < -0.39 is 35.2 Å². The first-order valence-corrected chi connectivity index (χ1v) is 7.10. The van der Waals surface area contributed by atoms with Gasteiger partial charge in [-0.05, 0) is 39.3 Å². The fourth-order valence-electron chi connectivity index (χ4n) is 1.82. The lowest BCUT2D eigenvalue weighted by Gasteiger charge is -2.22. The summed E-state index contributed by atoms with van der Waals surface area (Å²) in [4.78, 5) is 23.7. The summed E-state index contributed by atoms with van der Waals surface area (Å²) in [5.41, 5.74) is -0.967. The molecule has 1 N–H and O–H groups in total. The van der Waals surface area contributed by atoms with Crippen LogP contribution in [0.15, 0.2) is 18.2 Å². The van der Waals surface area contributed by atoms with Gasteiger partial charge in [-0.15, -0.1) is 0 Å². The van der Waals surface area contributed by atoms with Crippen molar-refractivity contribution in [3.8, 4) is 0 Å². The van der Waals surface area contributed by atoms with Crippen LogP contribution in [0.4, 0.5) is 13.6 Å². The zero-order valence-corrected chi connectivity index (χ0v) is 13.2. The van der Waals surface area contributed by atoms with E-state index in [0.717, 1.165) is 6.07 Å². The van der Waals surface area contributed by atoms with Crippen molar-refractivity contribution in [2.75, 3.05) is 0 Å². The predicted molar refractivity (Wildman–Crippen MR) is 78.8 cm³/mol. The Balaban J connectivity index is 2.72. The lowest BCUT2D eigenvalue weighted by Crippen LogP contribution is -2.40. The molecule has 122 valence electrons. The number of benzene rings is 1. The van der Waals surface area contributed by atoms with E-state index in [0.29, 0.717) is 6.42 Å². The molecule has 6 heteroatoms. The summed E-state index contributed by atoms with van der Waals surface area (Å²) >= 11 is 0. The molecule has 0 fully saturated rings. The van der Waals surface area contributed by atoms with Crippen LogP contribution in [0.1, 0.15) is 50.9 Å². The Morgan fingerprint density at radius 3 is 2.45 bits per heavy atom. The highest BCUT2D eigenvalue weighted by molar-refractivity contribution is 5.96. The Morgan fingerprint density at radius 2 is 1.91 bits per heavy atom. The minimum atomic E-state index is -1.17. The van der Waals surface area contributed by atoms with Crippen molar-refractivity contribution in [2.24, 2.45) is 0 Å². The maximum absolute atomic E-state index is 13.6. The van der Waals surface area contributed by atoms with Crippen LogP contribution in [0.25, 0.3) is 0 Å². The highest BCUT2D eigenvalue weighted by Crippen LogP contribution is 2.15. The second kappa shape index (κ2) is 7.33. The number of halogens is 2. The van der Waals surface area contributed by atoms with E-state index in [1.54, 1.807) is 27.7 Å². The fraction of sp³-hybridized carbons (Fsp3) is 0.500. The van der Waals surface area contributed by atoms with Gasteiger partial charge in [0.2, 0.25) is 0 Å². The average Bonchev–Trinajstić information content (AvgIpc) is 2.38. The molecule has 0 saturated heterocycles. The largest absolute Gasteiger partial charge is 0.444 e. The molecule has 0 aliphatic carbocycles. The Kier molecular flexibility index (Phi) is 6.02. The minimum absolute atomic E-state index is 0.129. The molecular weight excluding hydrogens is 292 g/mol. The van der Waals surface area contributed by atoms with Crippen LogP contribution in [0.2, 0.25) is 0 Å². The van der Waals surface area contributed by atoms with Gasteiger partial charge in [0.05, 0.1) is 5.56 Å². The number of alkyl carbamates (subject to hydrolysis) is 1. The quantitative estimate of drug-likeness (QED) is 0.840. The fourth-order valence-corrected chi connectivity index (χ4v) is 1.82. The lowest BCUT2D eigenvalue weighted by molar-refractivity contribution is 0.0500. The highest BCUT2D eigenvalue weighted by Gasteiger charge is 2.22. The van der Waals surface area contributed by atoms with Crippen molar-refractivity contribution in [1.82, 2.24) is 5.32 Å². The molecule has 0 aliphatic rings. The van der Waals surface area contributed by atoms with Crippen LogP contribution in [-0.2, 0) is 4.74 Å². The van der Waals surface area contributed by atoms with Crippen LogP contribution >= 0.6 is 0 Å². The van der Waals surface area contributed by atoms with Gasteiger partial charge in [-0.1, -0.05) is 13.0 Å². The molecule has 1 atom stereocenters. The number of amides is 1. The number of ketones is 1. The molecule has 0 bridgehead atoms. The summed E-state index contributed by atoms with van der Waals surface area (Å²) in [6.45, 7) is 6.94. The van der Waals surface area contributed by atoms with E-state index in [1.807, 2.05) is 0 Å². The smallest absolute Gasteiger partial charge is 0.407 e. The Hall–Kier alpha value is -1.98. The van der Waals surface area contributed by atoms with Gasteiger partial charge in [-0.3, -0.25) is 4.79 Å². The topological polar surface area (TPSA) is 55.4 Å². The van der Waals surface area contributed by atoms with Gasteiger partial charge < -0.3 is 10.1 Å². The number of carbonyl (C=O) groups excluding carboxylic acids is 2. The number of nitrogens with one attached hydrogen (secondary N) is 1. The second-order valence-electron chi connectivity index (χ2n) is 5.98. The number of hydrogen-bond donors (Lipinski definition) is 1. The van der Waals surface area contributed by atoms with Gasteiger partial charge in [0.1, 0.15) is 5.60 Å². The molecule has 1 rings (SSSR count). The molecule has 0 heterocycles. The number of carbonyl (C=O) groups is 2. The van der Waals surface area contributed by atoms with E-state index >= 15 is 0 Å². The number of Topliss-reactive ketones (excluding diaryl/α,β-unsaturated/α-hetero) is 1. The van der Waals surface area contributed by atoms with Crippen LogP contribution in [0.5, 0.6) is 0 Å². The summed E-state index contributed by atoms with van der Waals surface area (Å²) < 4.78 is 31.8. The standard InChI is InChI=1S/C16H21F2NO3/c1-5-10(19-15(21)22-16(2,3)4)9-13(20)11-7-6-8-12(17)14(11)18/h6-8,10H,5,9H2,1-4H3,(H,19,21). The van der Waals surface area contributed by atoms with Crippen molar-refractivity contribution in [1.29, 1.82) is 0 Å². The summed E-state index contributed by atoms with van der Waals surface area (Å²) in [6, 6.07) is 2.93. The van der Waals surface area contributed by atoms with Crippen LogP contribution in [0.3, 0.4) is 0 Å². The van der Waals surface area contributed by atoms with Gasteiger partial charge in [-0.25, -0.2) is 13.6 Å². The third-order valence-electron chi connectivity index (χ3n) is 2.90. The van der Waals surface area contributed by atoms with Gasteiger partial charge in [0.15, 0.2) is 17.4 Å². The Bertz CT molecular complexity index is 553. The van der Waals surface area contributed by atoms with Crippen LogP contribution in [0, 0.1) is 11.6 Å². The third kappa shape index (κ3) is 5.42. The maximum atomic E-state index is 13.6. The van der Waals surface area contributed by atoms with Crippen molar-refractivity contribution in [3.05, 3.63) is 35.4 Å². The molecule has 22 heavy (non-hydrogen) atoms. The third-order valence-corrected chi connectivity index (χ3v) is 2.90. The Morgan fingerprint density at radius 1 is 1.27 bits per heavy atom. The lowest BCUT2D eigenvalue weighted by atomic mass is 10.0. The van der Waals surface area contributed by atoms with Crippen molar-refractivity contribution < 1.29 is 23.1 Å². The van der Waals surface area contributed by atoms with E-state index in [-0.39, 0.29) is 12.0 Å². The van der Waals surface area contributed by atoms with Crippen LogP contribution in [-0.4, -0.2) is 23.5 Å². The molecule has 1 amide bonds. The molecular formula is C16H21F2NO3. The average molecular weight is 313 g/mol. The van der Waals surface area contributed by atoms with Crippen molar-refractivity contribution in [2.45, 2.75) is 52.2 Å². The van der Waals surface area contributed by atoms with Crippen molar-refractivity contribution in [3.63, 3.8) is 0 Å². The van der Waals surface area contributed by atoms with Gasteiger partial charge in [0.25, 0.3) is 0 Å². The molecule has 0 aromatic heterocycles.